The zero-order valence-electron chi connectivity index (χ0n) is 24.0. The lowest BCUT2D eigenvalue weighted by Gasteiger charge is -2.36. The fourth-order valence-corrected chi connectivity index (χ4v) is 6.58. The minimum Gasteiger partial charge on any atom is -0.460 e. The van der Waals surface area contributed by atoms with Gasteiger partial charge in [0.05, 0.1) is 24.5 Å². The Morgan fingerprint density at radius 3 is 2.67 bits per heavy atom. The van der Waals surface area contributed by atoms with E-state index >= 15 is 0 Å². The number of rotatable bonds is 15. The van der Waals surface area contributed by atoms with Crippen LogP contribution < -0.4 is 10.2 Å². The first-order valence-corrected chi connectivity index (χ1v) is 14.9. The number of carbonyl (C=O) groups excluding carboxylic acids is 4. The number of hydrogen-bond donors (Lipinski definition) is 2. The highest BCUT2D eigenvalue weighted by Gasteiger charge is 2.75. The van der Waals surface area contributed by atoms with E-state index < -0.39 is 41.7 Å². The molecule has 4 rings (SSSR count). The summed E-state index contributed by atoms with van der Waals surface area (Å²) < 4.78 is 12.2. The molecule has 11 heteroatoms. The summed E-state index contributed by atoms with van der Waals surface area (Å²) in [6.07, 6.45) is 4.82. The molecule has 0 unspecified atom stereocenters. The molecule has 3 saturated heterocycles. The van der Waals surface area contributed by atoms with Crippen molar-refractivity contribution in [1.29, 1.82) is 0 Å². The van der Waals surface area contributed by atoms with Gasteiger partial charge in [0.25, 0.3) is 5.91 Å². The van der Waals surface area contributed by atoms with Crippen LogP contribution in [-0.4, -0.2) is 83.8 Å². The van der Waals surface area contributed by atoms with Crippen molar-refractivity contribution in [2.75, 3.05) is 31.1 Å². The van der Waals surface area contributed by atoms with E-state index in [0.29, 0.717) is 49.2 Å². The molecule has 1 spiro atoms. The first-order valence-electron chi connectivity index (χ1n) is 14.5. The molecule has 3 aliphatic heterocycles. The molecule has 3 fully saturated rings. The Morgan fingerprint density at radius 1 is 1.26 bits per heavy atom. The van der Waals surface area contributed by atoms with Gasteiger partial charge in [-0.25, -0.2) is 0 Å². The molecule has 1 aromatic carbocycles. The fraction of sp³-hybridized carbons (Fsp3) is 0.548. The van der Waals surface area contributed by atoms with Crippen molar-refractivity contribution in [2.24, 2.45) is 11.8 Å². The second-order valence-corrected chi connectivity index (χ2v) is 11.5. The zero-order valence-corrected chi connectivity index (χ0v) is 24.8. The van der Waals surface area contributed by atoms with Crippen LogP contribution in [0, 0.1) is 11.8 Å². The number of carbonyl (C=O) groups is 4. The molecular formula is C31H40ClN3O7. The van der Waals surface area contributed by atoms with E-state index in [1.807, 2.05) is 0 Å². The lowest BCUT2D eigenvalue weighted by atomic mass is 9.70. The largest absolute Gasteiger partial charge is 0.460 e. The van der Waals surface area contributed by atoms with Crippen molar-refractivity contribution in [1.82, 2.24) is 10.2 Å². The van der Waals surface area contributed by atoms with Crippen LogP contribution in [0.3, 0.4) is 0 Å². The minimum atomic E-state index is -1.18. The van der Waals surface area contributed by atoms with Crippen LogP contribution in [0.5, 0.6) is 0 Å². The van der Waals surface area contributed by atoms with Crippen LogP contribution in [0.1, 0.15) is 45.4 Å². The van der Waals surface area contributed by atoms with Crippen LogP contribution >= 0.6 is 11.6 Å². The molecule has 3 amide bonds. The minimum absolute atomic E-state index is 0.0435. The highest BCUT2D eigenvalue weighted by Crippen LogP contribution is 2.59. The van der Waals surface area contributed by atoms with Gasteiger partial charge in [0.2, 0.25) is 11.8 Å². The van der Waals surface area contributed by atoms with Crippen molar-refractivity contribution in [3.8, 4) is 0 Å². The third kappa shape index (κ3) is 6.26. The molecule has 0 saturated carbocycles. The summed E-state index contributed by atoms with van der Waals surface area (Å²) in [5, 5.41) is 12.6. The van der Waals surface area contributed by atoms with E-state index in [1.165, 1.54) is 4.90 Å². The molecule has 0 radical (unpaired) electrons. The zero-order chi connectivity index (χ0) is 30.4. The Balaban J connectivity index is 1.59. The summed E-state index contributed by atoms with van der Waals surface area (Å²) in [4.78, 5) is 57.0. The SMILES string of the molecule is C=CCCC(=O)NC[C@H](C)OC(=O)[C@@H]1[C@@H]2CC[C@]3(O2)[C@H](C(=O)N(CC=C)c2ccc(Cl)cc2)N(CCCCO)C(=O)[C@@H]13. The molecule has 0 aromatic heterocycles. The van der Waals surface area contributed by atoms with E-state index in [1.54, 1.807) is 48.2 Å². The molecule has 0 aliphatic carbocycles. The topological polar surface area (TPSA) is 125 Å². The van der Waals surface area contributed by atoms with Gasteiger partial charge < -0.3 is 29.7 Å². The third-order valence-corrected chi connectivity index (χ3v) is 8.56. The van der Waals surface area contributed by atoms with Crippen LogP contribution in [0.4, 0.5) is 5.69 Å². The van der Waals surface area contributed by atoms with E-state index in [2.05, 4.69) is 18.5 Å². The number of likely N-dealkylation sites (tertiary alicyclic amines) is 1. The standard InChI is InChI=1S/C31H40ClN3O7/c1-4-6-9-24(37)33-19-20(3)41-30(40)25-23-14-15-31(42-23)26(25)28(38)35(17-7-8-18-36)27(31)29(39)34(16-5-2)22-12-10-21(32)11-13-22/h4-5,10-13,20,23,25-27,36H,1-2,6-9,14-19H2,3H3,(H,33,37)/t20-,23-,25+,26+,27-,31+/m0/s1. The Morgan fingerprint density at radius 2 is 2.00 bits per heavy atom. The van der Waals surface area contributed by atoms with Gasteiger partial charge in [-0.1, -0.05) is 23.8 Å². The molecular weight excluding hydrogens is 562 g/mol. The molecule has 228 valence electrons. The average Bonchev–Trinajstić information content (AvgIpc) is 3.61. The van der Waals surface area contributed by atoms with Gasteiger partial charge in [-0.05, 0) is 63.3 Å². The van der Waals surface area contributed by atoms with Gasteiger partial charge in [-0.15, -0.1) is 13.2 Å². The van der Waals surface area contributed by atoms with Crippen molar-refractivity contribution in [3.63, 3.8) is 0 Å². The third-order valence-electron chi connectivity index (χ3n) is 8.31. The van der Waals surface area contributed by atoms with Gasteiger partial charge >= 0.3 is 5.97 Å². The monoisotopic (exact) mass is 601 g/mol. The van der Waals surface area contributed by atoms with Gasteiger partial charge in [-0.3, -0.25) is 19.2 Å². The molecule has 2 bridgehead atoms. The number of amides is 3. The average molecular weight is 602 g/mol. The number of ether oxygens (including phenoxy) is 2. The number of nitrogens with zero attached hydrogens (tertiary/aromatic N) is 2. The predicted molar refractivity (Wildman–Crippen MR) is 158 cm³/mol. The maximum absolute atomic E-state index is 14.4. The molecule has 42 heavy (non-hydrogen) atoms. The number of benzene rings is 1. The summed E-state index contributed by atoms with van der Waals surface area (Å²) in [5.74, 6) is -3.14. The van der Waals surface area contributed by atoms with E-state index in [9.17, 15) is 24.3 Å². The van der Waals surface area contributed by atoms with E-state index in [-0.39, 0.29) is 44.0 Å². The number of halogens is 1. The van der Waals surface area contributed by atoms with Gasteiger partial charge in [0.1, 0.15) is 17.7 Å². The number of esters is 1. The first kappa shape index (κ1) is 31.7. The van der Waals surface area contributed by atoms with E-state index in [4.69, 9.17) is 21.1 Å². The maximum Gasteiger partial charge on any atom is 0.312 e. The number of hydrogen-bond acceptors (Lipinski definition) is 7. The highest BCUT2D eigenvalue weighted by atomic mass is 35.5. The van der Waals surface area contributed by atoms with Crippen LogP contribution in [0.25, 0.3) is 0 Å². The summed E-state index contributed by atoms with van der Waals surface area (Å²) in [7, 11) is 0. The lowest BCUT2D eigenvalue weighted by molar-refractivity contribution is -0.159. The molecule has 2 N–H and O–H groups in total. The molecule has 3 aliphatic rings. The molecule has 3 heterocycles. The van der Waals surface area contributed by atoms with Gasteiger partial charge in [0.15, 0.2) is 0 Å². The smallest absolute Gasteiger partial charge is 0.312 e. The number of allylic oxidation sites excluding steroid dienone is 1. The molecule has 1 aromatic rings. The summed E-state index contributed by atoms with van der Waals surface area (Å²) >= 11 is 6.09. The Bertz CT molecular complexity index is 1190. The Labute approximate surface area is 251 Å². The normalized spacial score (nSPS) is 26.5. The summed E-state index contributed by atoms with van der Waals surface area (Å²) in [6.45, 7) is 9.62. The number of unbranched alkanes of at least 4 members (excludes halogenated alkanes) is 1. The second-order valence-electron chi connectivity index (χ2n) is 11.1. The molecule has 10 nitrogen and oxygen atoms in total. The fourth-order valence-electron chi connectivity index (χ4n) is 6.45. The van der Waals surface area contributed by atoms with E-state index in [0.717, 1.165) is 0 Å². The summed E-state index contributed by atoms with van der Waals surface area (Å²) in [6, 6.07) is 5.88. The van der Waals surface area contributed by atoms with Crippen molar-refractivity contribution in [3.05, 3.63) is 54.6 Å². The Kier molecular flexibility index (Phi) is 10.5. The number of aliphatic hydroxyl groups is 1. The number of nitrogens with one attached hydrogen (secondary N) is 1. The molecule has 6 atom stereocenters. The summed E-state index contributed by atoms with van der Waals surface area (Å²) in [5.41, 5.74) is -0.588. The van der Waals surface area contributed by atoms with Gasteiger partial charge in [-0.2, -0.15) is 0 Å². The predicted octanol–water partition coefficient (Wildman–Crippen LogP) is 3.02. The Hall–Kier alpha value is -3.21. The second kappa shape index (κ2) is 13.8. The maximum atomic E-state index is 14.4. The van der Waals surface area contributed by atoms with Crippen LogP contribution in [-0.2, 0) is 28.7 Å². The van der Waals surface area contributed by atoms with Crippen molar-refractivity contribution >= 4 is 41.0 Å². The first-order chi connectivity index (χ1) is 20.2. The van der Waals surface area contributed by atoms with Crippen LogP contribution in [0.15, 0.2) is 49.6 Å². The highest BCUT2D eigenvalue weighted by molar-refractivity contribution is 6.30. The number of fused-ring (bicyclic) bond motifs is 1. The quantitative estimate of drug-likeness (QED) is 0.180. The number of anilines is 1. The lowest BCUT2D eigenvalue weighted by Crippen LogP contribution is -2.56. The van der Waals surface area contributed by atoms with Crippen molar-refractivity contribution < 1.29 is 33.8 Å². The van der Waals surface area contributed by atoms with Gasteiger partial charge in [0, 0.05) is 36.8 Å². The van der Waals surface area contributed by atoms with Crippen LogP contribution in [0.2, 0.25) is 5.02 Å². The number of aliphatic hydroxyl groups excluding tert-OH is 1. The van der Waals surface area contributed by atoms with Crippen molar-refractivity contribution in [2.45, 2.75) is 69.3 Å².